The Bertz CT molecular complexity index is 259. The number of ether oxygens (including phenoxy) is 1. The van der Waals surface area contributed by atoms with Gasteiger partial charge in [0.1, 0.15) is 6.10 Å². The van der Waals surface area contributed by atoms with Gasteiger partial charge in [0.05, 0.1) is 5.00 Å². The van der Waals surface area contributed by atoms with Gasteiger partial charge in [0.2, 0.25) is 0 Å². The minimum absolute atomic E-state index is 0.0278. The highest BCUT2D eigenvalue weighted by Crippen LogP contribution is 2.15. The summed E-state index contributed by atoms with van der Waals surface area (Å²) in [6, 6.07) is 3.71. The topological polar surface area (TPSA) is 38.3 Å². The van der Waals surface area contributed by atoms with Crippen LogP contribution in [0.2, 0.25) is 0 Å². The minimum atomic E-state index is -0.378. The summed E-state index contributed by atoms with van der Waals surface area (Å²) >= 11 is 1.47. The first kappa shape index (κ1) is 10.1. The molecule has 72 valence electrons. The lowest BCUT2D eigenvalue weighted by Crippen LogP contribution is -2.18. The summed E-state index contributed by atoms with van der Waals surface area (Å²) in [6.45, 7) is 3.84. The van der Waals surface area contributed by atoms with Crippen LogP contribution >= 0.6 is 11.3 Å². The van der Waals surface area contributed by atoms with Crippen LogP contribution in [0.3, 0.4) is 0 Å². The molecule has 1 N–H and O–H groups in total. The number of anilines is 1. The molecule has 4 heteroatoms. The molecule has 13 heavy (non-hydrogen) atoms. The number of carbonyl (C=O) groups is 1. The third-order valence-corrected chi connectivity index (χ3v) is 2.41. The van der Waals surface area contributed by atoms with Gasteiger partial charge in [-0.2, -0.15) is 0 Å². The van der Waals surface area contributed by atoms with E-state index in [-0.39, 0.29) is 12.2 Å². The number of amides is 1. The highest BCUT2D eigenvalue weighted by molar-refractivity contribution is 7.14. The number of hydrogen-bond donors (Lipinski definition) is 1. The lowest BCUT2D eigenvalue weighted by molar-refractivity contribution is 0.118. The zero-order chi connectivity index (χ0) is 9.68. The quantitative estimate of drug-likeness (QED) is 0.812. The monoisotopic (exact) mass is 199 g/mol. The van der Waals surface area contributed by atoms with Crippen LogP contribution in [0.15, 0.2) is 17.5 Å². The van der Waals surface area contributed by atoms with E-state index in [1.165, 1.54) is 11.3 Å². The molecule has 1 atom stereocenters. The molecule has 0 radical (unpaired) electrons. The van der Waals surface area contributed by atoms with Gasteiger partial charge in [-0.05, 0) is 30.9 Å². The second-order valence-corrected chi connectivity index (χ2v) is 3.67. The molecule has 0 bridgehead atoms. The molecule has 0 saturated heterocycles. The second-order valence-electron chi connectivity index (χ2n) is 2.73. The van der Waals surface area contributed by atoms with E-state index in [1.54, 1.807) is 0 Å². The second kappa shape index (κ2) is 4.87. The molecule has 3 nitrogen and oxygen atoms in total. The summed E-state index contributed by atoms with van der Waals surface area (Å²) in [5.41, 5.74) is 0. The van der Waals surface area contributed by atoms with E-state index >= 15 is 0 Å². The fourth-order valence-electron chi connectivity index (χ4n) is 0.746. The van der Waals surface area contributed by atoms with Crippen LogP contribution in [0, 0.1) is 0 Å². The van der Waals surface area contributed by atoms with Crippen LogP contribution in [-0.2, 0) is 4.74 Å². The number of rotatable bonds is 3. The van der Waals surface area contributed by atoms with Gasteiger partial charge in [-0.3, -0.25) is 5.32 Å². The maximum atomic E-state index is 11.2. The Morgan fingerprint density at radius 3 is 3.08 bits per heavy atom. The molecular formula is C9H13NO2S. The van der Waals surface area contributed by atoms with Gasteiger partial charge < -0.3 is 4.74 Å². The average Bonchev–Trinajstić information content (AvgIpc) is 2.56. The normalized spacial score (nSPS) is 12.2. The zero-order valence-electron chi connectivity index (χ0n) is 7.74. The van der Waals surface area contributed by atoms with E-state index < -0.39 is 0 Å². The van der Waals surface area contributed by atoms with E-state index in [9.17, 15) is 4.79 Å². The Kier molecular flexibility index (Phi) is 3.76. The molecule has 0 spiro atoms. The molecule has 1 aromatic heterocycles. The van der Waals surface area contributed by atoms with Crippen molar-refractivity contribution in [3.63, 3.8) is 0 Å². The Morgan fingerprint density at radius 2 is 2.54 bits per heavy atom. The predicted octanol–water partition coefficient (Wildman–Crippen LogP) is 3.10. The van der Waals surface area contributed by atoms with E-state index in [0.717, 1.165) is 11.4 Å². The van der Waals surface area contributed by atoms with Crippen LogP contribution in [-0.4, -0.2) is 12.2 Å². The first-order valence-electron chi connectivity index (χ1n) is 4.23. The van der Waals surface area contributed by atoms with Crippen molar-refractivity contribution in [3.8, 4) is 0 Å². The summed E-state index contributed by atoms with van der Waals surface area (Å²) in [6.07, 6.45) is 0.425. The molecule has 0 aliphatic rings. The molecule has 1 unspecified atom stereocenters. The lowest BCUT2D eigenvalue weighted by atomic mass is 10.3. The largest absolute Gasteiger partial charge is 0.446 e. The molecule has 1 aromatic rings. The molecule has 1 heterocycles. The summed E-state index contributed by atoms with van der Waals surface area (Å²) in [5.74, 6) is 0. The maximum Gasteiger partial charge on any atom is 0.412 e. The van der Waals surface area contributed by atoms with Crippen LogP contribution in [0.1, 0.15) is 20.3 Å². The van der Waals surface area contributed by atoms with Crippen molar-refractivity contribution in [2.24, 2.45) is 0 Å². The SMILES string of the molecule is CCC(C)OC(=O)Nc1cccs1. The minimum Gasteiger partial charge on any atom is -0.446 e. The maximum absolute atomic E-state index is 11.2. The lowest BCUT2D eigenvalue weighted by Gasteiger charge is -2.10. The highest BCUT2D eigenvalue weighted by atomic mass is 32.1. The van der Waals surface area contributed by atoms with Crippen molar-refractivity contribution in [2.75, 3.05) is 5.32 Å². The van der Waals surface area contributed by atoms with E-state index in [2.05, 4.69) is 5.32 Å². The van der Waals surface area contributed by atoms with Crippen molar-refractivity contribution >= 4 is 22.4 Å². The van der Waals surface area contributed by atoms with Crippen molar-refractivity contribution in [1.82, 2.24) is 0 Å². The van der Waals surface area contributed by atoms with E-state index in [4.69, 9.17) is 4.74 Å². The van der Waals surface area contributed by atoms with Crippen molar-refractivity contribution in [1.29, 1.82) is 0 Å². The van der Waals surface area contributed by atoms with Crippen LogP contribution < -0.4 is 5.32 Å². The third-order valence-electron chi connectivity index (χ3n) is 1.63. The molecule has 0 aliphatic heterocycles. The van der Waals surface area contributed by atoms with E-state index in [0.29, 0.717) is 0 Å². The summed E-state index contributed by atoms with van der Waals surface area (Å²) in [4.78, 5) is 11.2. The van der Waals surface area contributed by atoms with Crippen molar-refractivity contribution in [2.45, 2.75) is 26.4 Å². The first-order valence-corrected chi connectivity index (χ1v) is 5.11. The predicted molar refractivity (Wildman–Crippen MR) is 54.2 cm³/mol. The molecule has 0 saturated carbocycles. The highest BCUT2D eigenvalue weighted by Gasteiger charge is 2.07. The fourth-order valence-corrected chi connectivity index (χ4v) is 1.35. The van der Waals surface area contributed by atoms with Gasteiger partial charge in [0, 0.05) is 0 Å². The summed E-state index contributed by atoms with van der Waals surface area (Å²) in [7, 11) is 0. The van der Waals surface area contributed by atoms with Gasteiger partial charge in [-0.15, -0.1) is 11.3 Å². The Morgan fingerprint density at radius 1 is 1.77 bits per heavy atom. The average molecular weight is 199 g/mol. The molecule has 1 rings (SSSR count). The number of carbonyl (C=O) groups excluding carboxylic acids is 1. The standard InChI is InChI=1S/C9H13NO2S/c1-3-7(2)12-9(11)10-8-5-4-6-13-8/h4-7H,3H2,1-2H3,(H,10,11). The van der Waals surface area contributed by atoms with Crippen molar-refractivity contribution in [3.05, 3.63) is 17.5 Å². The number of thiophene rings is 1. The first-order chi connectivity index (χ1) is 6.22. The summed E-state index contributed by atoms with van der Waals surface area (Å²) in [5, 5.41) is 5.36. The Labute approximate surface area is 81.7 Å². The van der Waals surface area contributed by atoms with Crippen LogP contribution in [0.25, 0.3) is 0 Å². The molecule has 0 aliphatic carbocycles. The van der Waals surface area contributed by atoms with Gasteiger partial charge >= 0.3 is 6.09 Å². The third kappa shape index (κ3) is 3.46. The number of nitrogens with one attached hydrogen (secondary N) is 1. The molecule has 0 fully saturated rings. The fraction of sp³-hybridized carbons (Fsp3) is 0.444. The van der Waals surface area contributed by atoms with Gasteiger partial charge in [0.25, 0.3) is 0 Å². The molecule has 0 aromatic carbocycles. The van der Waals surface area contributed by atoms with Crippen LogP contribution in [0.5, 0.6) is 0 Å². The molecular weight excluding hydrogens is 186 g/mol. The number of hydrogen-bond acceptors (Lipinski definition) is 3. The van der Waals surface area contributed by atoms with Gasteiger partial charge in [-0.1, -0.05) is 6.92 Å². The van der Waals surface area contributed by atoms with Gasteiger partial charge in [0.15, 0.2) is 0 Å². The smallest absolute Gasteiger partial charge is 0.412 e. The van der Waals surface area contributed by atoms with Crippen molar-refractivity contribution < 1.29 is 9.53 Å². The Hall–Kier alpha value is -1.03. The Balaban J connectivity index is 2.34. The van der Waals surface area contributed by atoms with E-state index in [1.807, 2.05) is 31.4 Å². The zero-order valence-corrected chi connectivity index (χ0v) is 8.56. The van der Waals surface area contributed by atoms with Crippen LogP contribution in [0.4, 0.5) is 9.80 Å². The molecule has 1 amide bonds. The van der Waals surface area contributed by atoms with Gasteiger partial charge in [-0.25, -0.2) is 4.79 Å². The summed E-state index contributed by atoms with van der Waals surface area (Å²) < 4.78 is 5.03.